The van der Waals surface area contributed by atoms with Crippen molar-refractivity contribution in [2.24, 2.45) is 0 Å². The number of ether oxygens (including phenoxy) is 2. The van der Waals surface area contributed by atoms with E-state index in [1.807, 2.05) is 61.7 Å². The van der Waals surface area contributed by atoms with Crippen molar-refractivity contribution in [1.29, 1.82) is 0 Å². The van der Waals surface area contributed by atoms with Gasteiger partial charge in [0.15, 0.2) is 11.5 Å². The van der Waals surface area contributed by atoms with Crippen molar-refractivity contribution < 1.29 is 14.3 Å². The molecule has 35 heavy (non-hydrogen) atoms. The number of fused-ring (bicyclic) bond motifs is 2. The molecule has 1 aliphatic heterocycles. The minimum atomic E-state index is -0.152. The molecule has 1 atom stereocenters. The first-order valence-electron chi connectivity index (χ1n) is 11.8. The minimum Gasteiger partial charge on any atom is -0.486 e. The summed E-state index contributed by atoms with van der Waals surface area (Å²) in [5.41, 5.74) is 3.87. The molecule has 0 saturated heterocycles. The van der Waals surface area contributed by atoms with E-state index in [1.165, 1.54) is 22.2 Å². The van der Waals surface area contributed by atoms with Gasteiger partial charge in [-0.15, -0.1) is 11.3 Å². The highest BCUT2D eigenvalue weighted by molar-refractivity contribution is 7.17. The number of carbonyl (C=O) groups is 1. The molecule has 4 aromatic rings. The van der Waals surface area contributed by atoms with Gasteiger partial charge in [0.05, 0.1) is 17.8 Å². The van der Waals surface area contributed by atoms with E-state index in [1.54, 1.807) is 0 Å². The fraction of sp³-hybridized carbons (Fsp3) is 0.296. The maximum absolute atomic E-state index is 13.3. The lowest BCUT2D eigenvalue weighted by molar-refractivity contribution is -0.122. The number of carbonyl (C=O) groups excluding carboxylic acids is 1. The molecule has 0 spiro atoms. The Labute approximate surface area is 207 Å². The molecule has 7 nitrogen and oxygen atoms in total. The molecule has 5 rings (SSSR count). The Kier molecular flexibility index (Phi) is 6.55. The average molecular weight is 490 g/mol. The number of nitrogens with zero attached hydrogens (tertiary/aromatic N) is 2. The predicted molar refractivity (Wildman–Crippen MR) is 137 cm³/mol. The molecule has 1 N–H and O–H groups in total. The van der Waals surface area contributed by atoms with Crippen LogP contribution in [0.25, 0.3) is 21.3 Å². The van der Waals surface area contributed by atoms with Crippen molar-refractivity contribution in [2.75, 3.05) is 13.2 Å². The molecule has 0 fully saturated rings. The Morgan fingerprint density at radius 2 is 1.91 bits per heavy atom. The lowest BCUT2D eigenvalue weighted by atomic mass is 10.0. The maximum atomic E-state index is 13.3. The Morgan fingerprint density at radius 3 is 2.69 bits per heavy atom. The Balaban J connectivity index is 1.30. The molecule has 3 heterocycles. The van der Waals surface area contributed by atoms with E-state index in [2.05, 4.69) is 10.3 Å². The molecule has 0 bridgehead atoms. The Bertz CT molecular complexity index is 1420. The molecule has 8 heteroatoms. The van der Waals surface area contributed by atoms with Gasteiger partial charge in [-0.25, -0.2) is 4.98 Å². The minimum absolute atomic E-state index is 0.122. The number of thiophene rings is 1. The van der Waals surface area contributed by atoms with E-state index in [0.29, 0.717) is 29.2 Å². The smallest absolute Gasteiger partial charge is 0.262 e. The molecule has 2 aromatic carbocycles. The van der Waals surface area contributed by atoms with E-state index in [0.717, 1.165) is 34.4 Å². The highest BCUT2D eigenvalue weighted by Gasteiger charge is 2.18. The number of hydrogen-bond acceptors (Lipinski definition) is 6. The molecule has 1 unspecified atom stereocenters. The van der Waals surface area contributed by atoms with Gasteiger partial charge >= 0.3 is 0 Å². The first-order valence-corrected chi connectivity index (χ1v) is 12.6. The average Bonchev–Trinajstić information content (AvgIpc) is 3.32. The van der Waals surface area contributed by atoms with Crippen LogP contribution < -0.4 is 20.3 Å². The standard InChI is InChI=1S/C27H27N3O4S/c1-3-21(19-8-9-22-23(14-19)34-13-12-33-22)29-24(31)10-11-30-16-28-26-25(27(30)32)20(15-35-26)18-6-4-17(2)5-7-18/h4-9,14-16,21H,3,10-13H2,1-2H3,(H,29,31). The molecule has 0 aliphatic carbocycles. The fourth-order valence-electron chi connectivity index (χ4n) is 4.26. The van der Waals surface area contributed by atoms with Gasteiger partial charge in [0.1, 0.15) is 18.0 Å². The lowest BCUT2D eigenvalue weighted by Gasteiger charge is -2.22. The van der Waals surface area contributed by atoms with Crippen LogP contribution in [0.5, 0.6) is 11.5 Å². The van der Waals surface area contributed by atoms with Crippen LogP contribution in [0.4, 0.5) is 0 Å². The van der Waals surface area contributed by atoms with Crippen LogP contribution in [0.1, 0.15) is 36.9 Å². The molecule has 1 aliphatic rings. The van der Waals surface area contributed by atoms with Crippen molar-refractivity contribution in [3.63, 3.8) is 0 Å². The van der Waals surface area contributed by atoms with E-state index < -0.39 is 0 Å². The normalized spacial score (nSPS) is 13.5. The third kappa shape index (κ3) is 4.79. The summed E-state index contributed by atoms with van der Waals surface area (Å²) in [6.45, 7) is 5.37. The zero-order valence-electron chi connectivity index (χ0n) is 19.7. The largest absolute Gasteiger partial charge is 0.486 e. The summed E-state index contributed by atoms with van der Waals surface area (Å²) in [7, 11) is 0. The highest BCUT2D eigenvalue weighted by atomic mass is 32.1. The van der Waals surface area contributed by atoms with Gasteiger partial charge in [0.2, 0.25) is 5.91 Å². The van der Waals surface area contributed by atoms with E-state index in [-0.39, 0.29) is 30.5 Å². The van der Waals surface area contributed by atoms with Gasteiger partial charge in [0.25, 0.3) is 5.56 Å². The summed E-state index contributed by atoms with van der Waals surface area (Å²) in [6.07, 6.45) is 2.44. The predicted octanol–water partition coefficient (Wildman–Crippen LogP) is 4.86. The summed E-state index contributed by atoms with van der Waals surface area (Å²) in [6, 6.07) is 13.7. The third-order valence-electron chi connectivity index (χ3n) is 6.22. The number of benzene rings is 2. The van der Waals surface area contributed by atoms with E-state index in [9.17, 15) is 9.59 Å². The zero-order chi connectivity index (χ0) is 24.4. The fourth-order valence-corrected chi connectivity index (χ4v) is 5.17. The van der Waals surface area contributed by atoms with Crippen LogP contribution in [0.2, 0.25) is 0 Å². The topological polar surface area (TPSA) is 82.5 Å². The summed E-state index contributed by atoms with van der Waals surface area (Å²) in [5.74, 6) is 1.30. The Morgan fingerprint density at radius 1 is 1.14 bits per heavy atom. The van der Waals surface area contributed by atoms with Crippen LogP contribution in [-0.4, -0.2) is 28.7 Å². The number of aromatic nitrogens is 2. The molecular weight excluding hydrogens is 462 g/mol. The molecule has 1 amide bonds. The second kappa shape index (κ2) is 9.92. The van der Waals surface area contributed by atoms with Crippen molar-refractivity contribution in [2.45, 2.75) is 39.3 Å². The van der Waals surface area contributed by atoms with Crippen molar-refractivity contribution in [3.8, 4) is 22.6 Å². The maximum Gasteiger partial charge on any atom is 0.262 e. The third-order valence-corrected chi connectivity index (χ3v) is 7.10. The SMILES string of the molecule is CCC(NC(=O)CCn1cnc2scc(-c3ccc(C)cc3)c2c1=O)c1ccc2c(c1)OCCO2. The van der Waals surface area contributed by atoms with Gasteiger partial charge < -0.3 is 14.8 Å². The van der Waals surface area contributed by atoms with Gasteiger partial charge in [-0.2, -0.15) is 0 Å². The zero-order valence-corrected chi connectivity index (χ0v) is 20.6. The van der Waals surface area contributed by atoms with Gasteiger partial charge in [-0.3, -0.25) is 14.2 Å². The van der Waals surface area contributed by atoms with Gasteiger partial charge in [-0.1, -0.05) is 42.8 Å². The van der Waals surface area contributed by atoms with Gasteiger partial charge in [0, 0.05) is 23.9 Å². The monoisotopic (exact) mass is 489 g/mol. The molecule has 0 radical (unpaired) electrons. The second-order valence-corrected chi connectivity index (χ2v) is 9.48. The van der Waals surface area contributed by atoms with Crippen molar-refractivity contribution in [1.82, 2.24) is 14.9 Å². The number of amides is 1. The first kappa shape index (κ1) is 23.1. The summed E-state index contributed by atoms with van der Waals surface area (Å²) in [5, 5.41) is 5.66. The van der Waals surface area contributed by atoms with Gasteiger partial charge in [-0.05, 0) is 36.6 Å². The van der Waals surface area contributed by atoms with Crippen LogP contribution in [0, 0.1) is 6.92 Å². The molecular formula is C27H27N3O4S. The van der Waals surface area contributed by atoms with E-state index in [4.69, 9.17) is 9.47 Å². The number of rotatable bonds is 7. The quantitative estimate of drug-likeness (QED) is 0.401. The number of hydrogen-bond donors (Lipinski definition) is 1. The molecule has 180 valence electrons. The number of nitrogens with one attached hydrogen (secondary N) is 1. The van der Waals surface area contributed by atoms with Crippen LogP contribution in [-0.2, 0) is 11.3 Å². The second-order valence-electron chi connectivity index (χ2n) is 8.62. The molecule has 0 saturated carbocycles. The number of aryl methyl sites for hydroxylation is 2. The molecule has 2 aromatic heterocycles. The summed E-state index contributed by atoms with van der Waals surface area (Å²) < 4.78 is 12.8. The van der Waals surface area contributed by atoms with Crippen molar-refractivity contribution in [3.05, 3.63) is 75.7 Å². The van der Waals surface area contributed by atoms with E-state index >= 15 is 0 Å². The lowest BCUT2D eigenvalue weighted by Crippen LogP contribution is -2.30. The van der Waals surface area contributed by atoms with Crippen LogP contribution in [0.3, 0.4) is 0 Å². The van der Waals surface area contributed by atoms with Crippen LogP contribution in [0.15, 0.2) is 59.0 Å². The first-order chi connectivity index (χ1) is 17.0. The Hall–Kier alpha value is -3.65. The van der Waals surface area contributed by atoms with Crippen molar-refractivity contribution >= 4 is 27.5 Å². The summed E-state index contributed by atoms with van der Waals surface area (Å²) >= 11 is 1.46. The van der Waals surface area contributed by atoms with Crippen LogP contribution >= 0.6 is 11.3 Å². The summed E-state index contributed by atoms with van der Waals surface area (Å²) in [4.78, 5) is 31.2. The highest BCUT2D eigenvalue weighted by Crippen LogP contribution is 2.33.